The van der Waals surface area contributed by atoms with Gasteiger partial charge in [0.15, 0.2) is 5.13 Å². The first-order valence-corrected chi connectivity index (χ1v) is 13.0. The Kier molecular flexibility index (Phi) is 6.90. The van der Waals surface area contributed by atoms with Gasteiger partial charge in [0.25, 0.3) is 0 Å². The Hall–Kier alpha value is -2.33. The summed E-state index contributed by atoms with van der Waals surface area (Å²) in [4.78, 5) is 19.5. The number of anilines is 1. The van der Waals surface area contributed by atoms with Crippen LogP contribution in [0.15, 0.2) is 52.7 Å². The number of likely N-dealkylation sites (tertiary alicyclic amines) is 1. The van der Waals surface area contributed by atoms with Crippen LogP contribution in [0.5, 0.6) is 0 Å². The van der Waals surface area contributed by atoms with Crippen molar-refractivity contribution in [3.8, 4) is 0 Å². The molecule has 9 heteroatoms. The number of hydrogen-bond donors (Lipinski definition) is 1. The molecule has 1 aliphatic heterocycles. The Morgan fingerprint density at radius 3 is 2.66 bits per heavy atom. The molecule has 1 fully saturated rings. The highest BCUT2D eigenvalue weighted by Crippen LogP contribution is 2.23. The second-order valence-corrected chi connectivity index (χ2v) is 11.3. The normalized spacial score (nSPS) is 16.0. The summed E-state index contributed by atoms with van der Waals surface area (Å²) in [6.07, 6.45) is 2.40. The number of thiazole rings is 1. The Bertz CT molecular complexity index is 1200. The van der Waals surface area contributed by atoms with E-state index in [1.54, 1.807) is 18.2 Å². The smallest absolute Gasteiger partial charge is 0.243 e. The van der Waals surface area contributed by atoms with Crippen LogP contribution in [-0.4, -0.2) is 55.2 Å². The Balaban J connectivity index is 1.35. The summed E-state index contributed by atoms with van der Waals surface area (Å²) in [5, 5.41) is 6.98. The lowest BCUT2D eigenvalue weighted by Gasteiger charge is -2.29. The summed E-state index contributed by atoms with van der Waals surface area (Å²) in [6, 6.07) is 12.5. The lowest BCUT2D eigenvalue weighted by Crippen LogP contribution is -2.35. The predicted octanol–water partition coefficient (Wildman–Crippen LogP) is 3.79. The first kappa shape index (κ1) is 22.8. The van der Waals surface area contributed by atoms with Crippen molar-refractivity contribution >= 4 is 43.2 Å². The number of nitrogens with one attached hydrogen (secondary N) is 1. The molecule has 1 aliphatic rings. The maximum absolute atomic E-state index is 12.9. The fraction of sp³-hybridized carbons (Fsp3) is 0.391. The molecule has 32 heavy (non-hydrogen) atoms. The van der Waals surface area contributed by atoms with Gasteiger partial charge in [-0.3, -0.25) is 9.69 Å². The number of piperidine rings is 1. The molecule has 1 saturated heterocycles. The fourth-order valence-electron chi connectivity index (χ4n) is 3.84. The van der Waals surface area contributed by atoms with Crippen LogP contribution in [0.4, 0.5) is 5.13 Å². The largest absolute Gasteiger partial charge is 0.301 e. The molecular formula is C23H28N4O3S2. The van der Waals surface area contributed by atoms with E-state index in [-0.39, 0.29) is 11.4 Å². The van der Waals surface area contributed by atoms with Gasteiger partial charge >= 0.3 is 0 Å². The van der Waals surface area contributed by atoms with Gasteiger partial charge in [-0.1, -0.05) is 37.3 Å². The number of fused-ring (bicyclic) bond motifs is 1. The molecule has 170 valence electrons. The number of aromatic nitrogens is 1. The van der Waals surface area contributed by atoms with Crippen LogP contribution in [0.2, 0.25) is 0 Å². The van der Waals surface area contributed by atoms with Crippen LogP contribution >= 0.6 is 11.3 Å². The van der Waals surface area contributed by atoms with Crippen molar-refractivity contribution in [3.63, 3.8) is 0 Å². The van der Waals surface area contributed by atoms with E-state index in [1.807, 2.05) is 29.6 Å². The van der Waals surface area contributed by atoms with Gasteiger partial charge in [0, 0.05) is 19.0 Å². The monoisotopic (exact) mass is 472 g/mol. The number of nitrogens with zero attached hydrogens (tertiary/aromatic N) is 3. The van der Waals surface area contributed by atoms with Gasteiger partial charge in [-0.15, -0.1) is 11.3 Å². The summed E-state index contributed by atoms with van der Waals surface area (Å²) in [6.45, 7) is 4.91. The molecule has 1 N–H and O–H groups in total. The van der Waals surface area contributed by atoms with Crippen molar-refractivity contribution in [2.45, 2.75) is 31.2 Å². The number of likely N-dealkylation sites (N-methyl/N-ethyl adjacent to an activating group) is 1. The minimum Gasteiger partial charge on any atom is -0.301 e. The third-order valence-corrected chi connectivity index (χ3v) is 8.46. The van der Waals surface area contributed by atoms with E-state index in [1.165, 1.54) is 31.2 Å². The molecule has 0 atom stereocenters. The zero-order valence-electron chi connectivity index (χ0n) is 18.3. The van der Waals surface area contributed by atoms with Crippen molar-refractivity contribution in [2.75, 3.05) is 32.0 Å². The van der Waals surface area contributed by atoms with E-state index in [4.69, 9.17) is 0 Å². The lowest BCUT2D eigenvalue weighted by atomic mass is 9.99. The molecule has 0 aliphatic carbocycles. The lowest BCUT2D eigenvalue weighted by molar-refractivity contribution is -0.116. The van der Waals surface area contributed by atoms with E-state index in [0.29, 0.717) is 5.13 Å². The number of rotatable bonds is 7. The molecular weight excluding hydrogens is 444 g/mol. The molecule has 0 radical (unpaired) electrons. The van der Waals surface area contributed by atoms with Gasteiger partial charge in [0.2, 0.25) is 15.9 Å². The molecule has 2 heterocycles. The molecule has 0 spiro atoms. The molecule has 3 aromatic rings. The first-order chi connectivity index (χ1) is 15.3. The summed E-state index contributed by atoms with van der Waals surface area (Å²) >= 11 is 1.36. The average Bonchev–Trinajstić information content (AvgIpc) is 3.21. The maximum Gasteiger partial charge on any atom is 0.243 e. The minimum absolute atomic E-state index is 0.166. The summed E-state index contributed by atoms with van der Waals surface area (Å²) in [5.41, 5.74) is 0.928. The van der Waals surface area contributed by atoms with Crippen molar-refractivity contribution in [2.24, 2.45) is 5.92 Å². The van der Waals surface area contributed by atoms with E-state index in [2.05, 4.69) is 22.1 Å². The summed E-state index contributed by atoms with van der Waals surface area (Å²) < 4.78 is 26.9. The van der Waals surface area contributed by atoms with Crippen LogP contribution in [0.1, 0.15) is 25.5 Å². The molecule has 2 aromatic carbocycles. The number of amides is 1. The van der Waals surface area contributed by atoms with E-state index >= 15 is 0 Å². The second kappa shape index (κ2) is 9.66. The van der Waals surface area contributed by atoms with Gasteiger partial charge in [0.1, 0.15) is 0 Å². The SMILES string of the molecule is CC1CCN(Cc2csc(NC(=O)CN(C)S(=O)(=O)c3ccc4ccccc4c3)n2)CC1. The minimum atomic E-state index is -3.79. The maximum atomic E-state index is 12.9. The Labute approximate surface area is 193 Å². The predicted molar refractivity (Wildman–Crippen MR) is 128 cm³/mol. The molecule has 0 saturated carbocycles. The highest BCUT2D eigenvalue weighted by molar-refractivity contribution is 7.89. The average molecular weight is 473 g/mol. The van der Waals surface area contributed by atoms with Crippen molar-refractivity contribution in [1.82, 2.24) is 14.2 Å². The molecule has 4 rings (SSSR count). The highest BCUT2D eigenvalue weighted by Gasteiger charge is 2.24. The van der Waals surface area contributed by atoms with Gasteiger partial charge in [0.05, 0.1) is 17.1 Å². The Morgan fingerprint density at radius 1 is 1.19 bits per heavy atom. The third-order valence-electron chi connectivity index (χ3n) is 5.86. The van der Waals surface area contributed by atoms with Crippen LogP contribution in [0.25, 0.3) is 10.8 Å². The molecule has 0 unspecified atom stereocenters. The molecule has 7 nitrogen and oxygen atoms in total. The van der Waals surface area contributed by atoms with Crippen LogP contribution in [0.3, 0.4) is 0 Å². The van der Waals surface area contributed by atoms with Gasteiger partial charge in [-0.05, 0) is 54.8 Å². The number of carbonyl (C=O) groups is 1. The third kappa shape index (κ3) is 5.35. The van der Waals surface area contributed by atoms with Crippen LogP contribution in [0, 0.1) is 5.92 Å². The van der Waals surface area contributed by atoms with Crippen LogP contribution < -0.4 is 5.32 Å². The standard InChI is InChI=1S/C23H28N4O3S2/c1-17-9-11-27(12-10-17)14-20-16-31-23(24-20)25-22(28)15-26(2)32(29,30)21-8-7-18-5-3-4-6-19(18)13-21/h3-8,13,16-17H,9-12,14-15H2,1-2H3,(H,24,25,28). The van der Waals surface area contributed by atoms with E-state index in [0.717, 1.165) is 46.3 Å². The summed E-state index contributed by atoms with van der Waals surface area (Å²) in [7, 11) is -2.38. The van der Waals surface area contributed by atoms with Gasteiger partial charge in [-0.2, -0.15) is 4.31 Å². The molecule has 1 amide bonds. The number of sulfonamides is 1. The van der Waals surface area contributed by atoms with Crippen LogP contribution in [-0.2, 0) is 21.4 Å². The van der Waals surface area contributed by atoms with Gasteiger partial charge in [-0.25, -0.2) is 13.4 Å². The van der Waals surface area contributed by atoms with Crippen molar-refractivity contribution in [3.05, 3.63) is 53.5 Å². The Morgan fingerprint density at radius 2 is 1.91 bits per heavy atom. The second-order valence-electron chi connectivity index (χ2n) is 8.42. The summed E-state index contributed by atoms with van der Waals surface area (Å²) in [5.74, 6) is 0.365. The molecule has 1 aromatic heterocycles. The molecule has 0 bridgehead atoms. The van der Waals surface area contributed by atoms with Crippen molar-refractivity contribution in [1.29, 1.82) is 0 Å². The first-order valence-electron chi connectivity index (χ1n) is 10.7. The topological polar surface area (TPSA) is 82.6 Å². The number of hydrogen-bond acceptors (Lipinski definition) is 6. The number of carbonyl (C=O) groups excluding carboxylic acids is 1. The highest BCUT2D eigenvalue weighted by atomic mass is 32.2. The fourth-order valence-corrected chi connectivity index (χ4v) is 5.72. The van der Waals surface area contributed by atoms with Gasteiger partial charge < -0.3 is 5.32 Å². The quantitative estimate of drug-likeness (QED) is 0.566. The number of benzene rings is 2. The van der Waals surface area contributed by atoms with E-state index < -0.39 is 15.9 Å². The zero-order chi connectivity index (χ0) is 22.7. The van der Waals surface area contributed by atoms with Crippen molar-refractivity contribution < 1.29 is 13.2 Å². The van der Waals surface area contributed by atoms with E-state index in [9.17, 15) is 13.2 Å². The zero-order valence-corrected chi connectivity index (χ0v) is 20.0.